The van der Waals surface area contributed by atoms with Crippen LogP contribution < -0.4 is 0 Å². The second kappa shape index (κ2) is 10.5. The van der Waals surface area contributed by atoms with Gasteiger partial charge in [0.25, 0.3) is 6.43 Å². The van der Waals surface area contributed by atoms with Crippen LogP contribution in [0.2, 0.25) is 0 Å². The Labute approximate surface area is 179 Å². The first-order valence-corrected chi connectivity index (χ1v) is 11.6. The maximum absolute atomic E-state index is 15.3. The van der Waals surface area contributed by atoms with Crippen molar-refractivity contribution in [2.45, 2.75) is 90.9 Å². The number of alkyl halides is 2. The molecule has 164 valence electrons. The van der Waals surface area contributed by atoms with Crippen molar-refractivity contribution in [2.24, 2.45) is 5.92 Å². The molecule has 3 heteroatoms. The third kappa shape index (κ3) is 5.28. The van der Waals surface area contributed by atoms with Gasteiger partial charge in [0.2, 0.25) is 0 Å². The quantitative estimate of drug-likeness (QED) is 0.405. The molecule has 1 aliphatic rings. The highest BCUT2D eigenvalue weighted by atomic mass is 19.3. The summed E-state index contributed by atoms with van der Waals surface area (Å²) in [5.41, 5.74) is 3.86. The summed E-state index contributed by atoms with van der Waals surface area (Å²) in [6, 6.07) is 10.2. The van der Waals surface area contributed by atoms with Crippen molar-refractivity contribution in [1.29, 1.82) is 0 Å². The highest BCUT2D eigenvalue weighted by Gasteiger charge is 2.29. The number of hydrogen-bond acceptors (Lipinski definition) is 0. The third-order valence-corrected chi connectivity index (χ3v) is 6.97. The molecule has 0 spiro atoms. The molecule has 0 unspecified atom stereocenters. The van der Waals surface area contributed by atoms with Crippen molar-refractivity contribution in [3.05, 3.63) is 69.5 Å². The van der Waals surface area contributed by atoms with E-state index in [0.29, 0.717) is 29.9 Å². The van der Waals surface area contributed by atoms with E-state index in [1.807, 2.05) is 13.0 Å². The fourth-order valence-corrected chi connectivity index (χ4v) is 5.05. The van der Waals surface area contributed by atoms with Crippen LogP contribution in [-0.4, -0.2) is 0 Å². The standard InChI is InChI=1S/C27H35F3/c1-4-6-20-7-9-21(10-8-20)13-16-23-18(3)17-24(26(28)25(23)27(29)30)22-14-11-19(5-2)12-15-22/h7-10,17,19,22,27H,4-6,11-16H2,1-3H3. The Morgan fingerprint density at radius 3 is 2.03 bits per heavy atom. The monoisotopic (exact) mass is 416 g/mol. The fraction of sp³-hybridized carbons (Fsp3) is 0.556. The Bertz CT molecular complexity index is 815. The molecular formula is C27H35F3. The molecule has 0 aromatic heterocycles. The Balaban J connectivity index is 1.81. The topological polar surface area (TPSA) is 0 Å². The average molecular weight is 417 g/mol. The van der Waals surface area contributed by atoms with Gasteiger partial charge in [-0.25, -0.2) is 13.2 Å². The van der Waals surface area contributed by atoms with Crippen molar-refractivity contribution in [3.63, 3.8) is 0 Å². The summed E-state index contributed by atoms with van der Waals surface area (Å²) in [7, 11) is 0. The van der Waals surface area contributed by atoms with E-state index in [9.17, 15) is 8.78 Å². The maximum Gasteiger partial charge on any atom is 0.266 e. The van der Waals surface area contributed by atoms with Gasteiger partial charge >= 0.3 is 0 Å². The zero-order valence-corrected chi connectivity index (χ0v) is 18.6. The third-order valence-electron chi connectivity index (χ3n) is 6.97. The summed E-state index contributed by atoms with van der Waals surface area (Å²) >= 11 is 0. The van der Waals surface area contributed by atoms with Gasteiger partial charge in [-0.15, -0.1) is 0 Å². The number of rotatable bonds is 8. The molecule has 0 N–H and O–H groups in total. The Hall–Kier alpha value is -1.77. The minimum Gasteiger partial charge on any atom is -0.206 e. The predicted molar refractivity (Wildman–Crippen MR) is 119 cm³/mol. The Kier molecular flexibility index (Phi) is 8.02. The summed E-state index contributed by atoms with van der Waals surface area (Å²) < 4.78 is 43.2. The molecule has 0 saturated heterocycles. The van der Waals surface area contributed by atoms with E-state index in [0.717, 1.165) is 56.1 Å². The van der Waals surface area contributed by atoms with Gasteiger partial charge in [-0.2, -0.15) is 0 Å². The van der Waals surface area contributed by atoms with Gasteiger partial charge in [-0.1, -0.05) is 57.0 Å². The van der Waals surface area contributed by atoms with Crippen molar-refractivity contribution in [3.8, 4) is 0 Å². The van der Waals surface area contributed by atoms with Gasteiger partial charge in [0.05, 0.1) is 5.56 Å². The van der Waals surface area contributed by atoms with Crippen molar-refractivity contribution in [1.82, 2.24) is 0 Å². The van der Waals surface area contributed by atoms with Crippen LogP contribution in [0.4, 0.5) is 13.2 Å². The molecule has 1 saturated carbocycles. The summed E-state index contributed by atoms with van der Waals surface area (Å²) in [6.45, 7) is 6.21. The molecule has 0 radical (unpaired) electrons. The molecule has 1 aliphatic carbocycles. The normalized spacial score (nSPS) is 19.4. The lowest BCUT2D eigenvalue weighted by Gasteiger charge is -2.29. The van der Waals surface area contributed by atoms with E-state index in [-0.39, 0.29) is 11.5 Å². The first-order chi connectivity index (χ1) is 14.4. The number of hydrogen-bond donors (Lipinski definition) is 0. The van der Waals surface area contributed by atoms with E-state index in [1.54, 1.807) is 0 Å². The van der Waals surface area contributed by atoms with Crippen LogP contribution in [0, 0.1) is 18.7 Å². The van der Waals surface area contributed by atoms with E-state index in [1.165, 1.54) is 5.56 Å². The van der Waals surface area contributed by atoms with E-state index < -0.39 is 12.2 Å². The lowest BCUT2D eigenvalue weighted by molar-refractivity contribution is 0.144. The van der Waals surface area contributed by atoms with Crippen LogP contribution in [0.5, 0.6) is 0 Å². The van der Waals surface area contributed by atoms with E-state index in [2.05, 4.69) is 38.1 Å². The molecule has 3 rings (SSSR count). The number of benzene rings is 2. The average Bonchev–Trinajstić information content (AvgIpc) is 2.75. The highest BCUT2D eigenvalue weighted by Crippen LogP contribution is 2.41. The second-order valence-electron chi connectivity index (χ2n) is 8.98. The molecule has 0 aliphatic heterocycles. The smallest absolute Gasteiger partial charge is 0.206 e. The van der Waals surface area contributed by atoms with Gasteiger partial charge in [0.15, 0.2) is 0 Å². The van der Waals surface area contributed by atoms with Gasteiger partial charge in [0.1, 0.15) is 5.82 Å². The lowest BCUT2D eigenvalue weighted by Crippen LogP contribution is -2.16. The molecular weight excluding hydrogens is 381 g/mol. The van der Waals surface area contributed by atoms with Crippen LogP contribution in [-0.2, 0) is 19.3 Å². The molecule has 30 heavy (non-hydrogen) atoms. The molecule has 0 nitrogen and oxygen atoms in total. The van der Waals surface area contributed by atoms with Crippen LogP contribution >= 0.6 is 0 Å². The second-order valence-corrected chi connectivity index (χ2v) is 8.98. The van der Waals surface area contributed by atoms with Crippen molar-refractivity contribution >= 4 is 0 Å². The summed E-state index contributed by atoms with van der Waals surface area (Å²) in [4.78, 5) is 0. The Morgan fingerprint density at radius 2 is 1.50 bits per heavy atom. The van der Waals surface area contributed by atoms with Crippen LogP contribution in [0.25, 0.3) is 0 Å². The molecule has 0 bridgehead atoms. The summed E-state index contributed by atoms with van der Waals surface area (Å²) in [5, 5.41) is 0. The lowest BCUT2D eigenvalue weighted by atomic mass is 9.76. The first kappa shape index (κ1) is 22.9. The highest BCUT2D eigenvalue weighted by molar-refractivity contribution is 5.43. The molecule has 2 aromatic rings. The van der Waals surface area contributed by atoms with Gasteiger partial charge in [-0.05, 0) is 91.5 Å². The van der Waals surface area contributed by atoms with Crippen LogP contribution in [0.3, 0.4) is 0 Å². The molecule has 0 amide bonds. The van der Waals surface area contributed by atoms with Gasteiger partial charge < -0.3 is 0 Å². The number of halogens is 3. The predicted octanol–water partition coefficient (Wildman–Crippen LogP) is 8.49. The zero-order valence-electron chi connectivity index (χ0n) is 18.6. The maximum atomic E-state index is 15.3. The minimum absolute atomic E-state index is 0.0733. The summed E-state index contributed by atoms with van der Waals surface area (Å²) in [6.07, 6.45) is 5.54. The number of aryl methyl sites for hydroxylation is 3. The Morgan fingerprint density at radius 1 is 0.900 bits per heavy atom. The van der Waals surface area contributed by atoms with Gasteiger partial charge in [0, 0.05) is 0 Å². The molecule has 1 fully saturated rings. The minimum atomic E-state index is -2.78. The van der Waals surface area contributed by atoms with E-state index in [4.69, 9.17) is 0 Å². The van der Waals surface area contributed by atoms with Gasteiger partial charge in [-0.3, -0.25) is 0 Å². The fourth-order valence-electron chi connectivity index (χ4n) is 5.05. The largest absolute Gasteiger partial charge is 0.266 e. The SMILES string of the molecule is CCCc1ccc(CCc2c(C)cc(C3CCC(CC)CC3)c(F)c2C(F)F)cc1. The summed E-state index contributed by atoms with van der Waals surface area (Å²) in [5.74, 6) is 0.121. The molecule has 0 atom stereocenters. The van der Waals surface area contributed by atoms with Crippen LogP contribution in [0.15, 0.2) is 30.3 Å². The first-order valence-electron chi connectivity index (χ1n) is 11.6. The van der Waals surface area contributed by atoms with Crippen LogP contribution in [0.1, 0.15) is 98.1 Å². The van der Waals surface area contributed by atoms with Crippen molar-refractivity contribution in [2.75, 3.05) is 0 Å². The van der Waals surface area contributed by atoms with Crippen molar-refractivity contribution < 1.29 is 13.2 Å². The van der Waals surface area contributed by atoms with E-state index >= 15 is 4.39 Å². The zero-order chi connectivity index (χ0) is 21.7. The molecule has 2 aromatic carbocycles. The molecule has 0 heterocycles.